The smallest absolute Gasteiger partial charge is 0.407 e. The number of anilines is 1. The lowest BCUT2D eigenvalue weighted by molar-refractivity contribution is -0.389. The van der Waals surface area contributed by atoms with Crippen molar-refractivity contribution >= 4 is 17.6 Å². The first kappa shape index (κ1) is 15.0. The molecule has 21 heavy (non-hydrogen) atoms. The first-order chi connectivity index (χ1) is 9.74. The summed E-state index contributed by atoms with van der Waals surface area (Å²) in [7, 11) is 0. The highest BCUT2D eigenvalue weighted by Gasteiger charge is 2.30. The van der Waals surface area contributed by atoms with Gasteiger partial charge in [0, 0.05) is 24.8 Å². The van der Waals surface area contributed by atoms with Gasteiger partial charge in [-0.2, -0.15) is 0 Å². The maximum absolute atomic E-state index is 11.6. The molecule has 1 aromatic rings. The van der Waals surface area contributed by atoms with Gasteiger partial charge in [0.05, 0.1) is 12.1 Å². The molecule has 0 saturated carbocycles. The minimum atomic E-state index is -0.529. The van der Waals surface area contributed by atoms with Crippen LogP contribution < -0.4 is 10.2 Å². The fraction of sp³-hybridized carbons (Fsp3) is 0.538. The molecular formula is C13H18N4O4. The maximum Gasteiger partial charge on any atom is 0.407 e. The molecule has 1 aromatic heterocycles. The van der Waals surface area contributed by atoms with Crippen molar-refractivity contribution in [1.82, 2.24) is 10.3 Å². The van der Waals surface area contributed by atoms with E-state index in [2.05, 4.69) is 10.3 Å². The number of pyridine rings is 1. The summed E-state index contributed by atoms with van der Waals surface area (Å²) in [6.07, 6.45) is 0.954. The van der Waals surface area contributed by atoms with Crippen LogP contribution in [0.2, 0.25) is 0 Å². The van der Waals surface area contributed by atoms with Crippen LogP contribution in [-0.2, 0) is 4.74 Å². The molecule has 0 atom stereocenters. The Morgan fingerprint density at radius 3 is 2.76 bits per heavy atom. The highest BCUT2D eigenvalue weighted by atomic mass is 16.6. The van der Waals surface area contributed by atoms with Gasteiger partial charge in [-0.3, -0.25) is 0 Å². The van der Waals surface area contributed by atoms with Gasteiger partial charge in [0.2, 0.25) is 0 Å². The van der Waals surface area contributed by atoms with Crippen LogP contribution in [0, 0.1) is 10.1 Å². The van der Waals surface area contributed by atoms with Gasteiger partial charge < -0.3 is 25.1 Å². The lowest BCUT2D eigenvalue weighted by Gasteiger charge is -2.41. The normalized spacial score (nSPS) is 15.3. The Kier molecular flexibility index (Phi) is 3.97. The molecule has 0 bridgehead atoms. The number of rotatable bonds is 3. The van der Waals surface area contributed by atoms with E-state index in [1.165, 1.54) is 12.3 Å². The van der Waals surface area contributed by atoms with E-state index in [1.807, 2.05) is 4.90 Å². The first-order valence-corrected chi connectivity index (χ1v) is 6.59. The monoisotopic (exact) mass is 294 g/mol. The number of hydrogen-bond acceptors (Lipinski definition) is 6. The van der Waals surface area contributed by atoms with Crippen molar-refractivity contribution in [1.29, 1.82) is 0 Å². The Labute approximate surface area is 122 Å². The average molecular weight is 294 g/mol. The Hall–Kier alpha value is -2.38. The molecule has 2 rings (SSSR count). The minimum Gasteiger partial charge on any atom is -0.444 e. The van der Waals surface area contributed by atoms with Crippen LogP contribution in [0.25, 0.3) is 0 Å². The third kappa shape index (κ3) is 4.04. The molecular weight excluding hydrogens is 276 g/mol. The van der Waals surface area contributed by atoms with Crippen LogP contribution in [0.4, 0.5) is 16.3 Å². The molecule has 1 fully saturated rings. The summed E-state index contributed by atoms with van der Waals surface area (Å²) in [5.74, 6) is -0.184. The summed E-state index contributed by atoms with van der Waals surface area (Å²) in [6.45, 7) is 6.57. The Morgan fingerprint density at radius 2 is 2.19 bits per heavy atom. The van der Waals surface area contributed by atoms with E-state index in [-0.39, 0.29) is 11.9 Å². The van der Waals surface area contributed by atoms with Crippen LogP contribution in [0.15, 0.2) is 18.3 Å². The van der Waals surface area contributed by atoms with Crippen LogP contribution in [0.5, 0.6) is 0 Å². The molecule has 8 heteroatoms. The molecule has 1 aliphatic rings. The summed E-state index contributed by atoms with van der Waals surface area (Å²) in [4.78, 5) is 27.3. The van der Waals surface area contributed by atoms with Gasteiger partial charge in [0.15, 0.2) is 0 Å². The molecule has 1 saturated heterocycles. The summed E-state index contributed by atoms with van der Waals surface area (Å²) in [5, 5.41) is 13.4. The number of amides is 1. The highest BCUT2D eigenvalue weighted by Crippen LogP contribution is 2.23. The SMILES string of the molecule is CC(C)(C)OC(=O)NC1CN(c2ccnc([N+](=O)[O-])c2)C1. The number of nitrogens with one attached hydrogen (secondary N) is 1. The zero-order valence-corrected chi connectivity index (χ0v) is 12.2. The van der Waals surface area contributed by atoms with Crippen molar-refractivity contribution in [3.05, 3.63) is 28.4 Å². The topological polar surface area (TPSA) is 97.6 Å². The zero-order chi connectivity index (χ0) is 15.6. The van der Waals surface area contributed by atoms with Crippen molar-refractivity contribution < 1.29 is 14.5 Å². The van der Waals surface area contributed by atoms with E-state index in [0.29, 0.717) is 13.1 Å². The quantitative estimate of drug-likeness (QED) is 0.673. The van der Waals surface area contributed by atoms with Gasteiger partial charge in [-0.1, -0.05) is 0 Å². The van der Waals surface area contributed by atoms with Crippen LogP contribution >= 0.6 is 0 Å². The number of alkyl carbamates (subject to hydrolysis) is 1. The van der Waals surface area contributed by atoms with Crippen molar-refractivity contribution in [2.45, 2.75) is 32.4 Å². The molecule has 0 aromatic carbocycles. The van der Waals surface area contributed by atoms with E-state index in [4.69, 9.17) is 4.74 Å². The predicted molar refractivity (Wildman–Crippen MR) is 76.3 cm³/mol. The van der Waals surface area contributed by atoms with Crippen LogP contribution in [0.1, 0.15) is 20.8 Å². The zero-order valence-electron chi connectivity index (χ0n) is 12.2. The number of nitrogens with zero attached hydrogens (tertiary/aromatic N) is 3. The Balaban J connectivity index is 1.85. The first-order valence-electron chi connectivity index (χ1n) is 6.59. The van der Waals surface area contributed by atoms with Gasteiger partial charge in [-0.15, -0.1) is 0 Å². The number of carbonyl (C=O) groups excluding carboxylic acids is 1. The molecule has 0 radical (unpaired) electrons. The van der Waals surface area contributed by atoms with Crippen molar-refractivity contribution in [3.8, 4) is 0 Å². The number of carbonyl (C=O) groups is 1. The number of hydrogen-bond donors (Lipinski definition) is 1. The average Bonchev–Trinajstić information content (AvgIpc) is 2.31. The fourth-order valence-electron chi connectivity index (χ4n) is 1.96. The fourth-order valence-corrected chi connectivity index (χ4v) is 1.96. The molecule has 0 aliphatic carbocycles. The van der Waals surface area contributed by atoms with E-state index in [9.17, 15) is 14.9 Å². The number of aromatic nitrogens is 1. The van der Waals surface area contributed by atoms with Gasteiger partial charge in [0.25, 0.3) is 0 Å². The molecule has 0 spiro atoms. The van der Waals surface area contributed by atoms with Gasteiger partial charge in [0.1, 0.15) is 11.8 Å². The summed E-state index contributed by atoms with van der Waals surface area (Å²) in [5.41, 5.74) is 0.193. The van der Waals surface area contributed by atoms with Crippen molar-refractivity contribution in [2.75, 3.05) is 18.0 Å². The molecule has 2 heterocycles. The Bertz CT molecular complexity index is 549. The molecule has 114 valence electrons. The summed E-state index contributed by atoms with van der Waals surface area (Å²) < 4.78 is 5.17. The van der Waals surface area contributed by atoms with Crippen LogP contribution in [0.3, 0.4) is 0 Å². The summed E-state index contributed by atoms with van der Waals surface area (Å²) >= 11 is 0. The Morgan fingerprint density at radius 1 is 1.52 bits per heavy atom. The molecule has 1 amide bonds. The largest absolute Gasteiger partial charge is 0.444 e. The van der Waals surface area contributed by atoms with E-state index < -0.39 is 16.6 Å². The lowest BCUT2D eigenvalue weighted by Crippen LogP contribution is -2.60. The standard InChI is InChI=1S/C13H18N4O4/c1-13(2,3)21-12(18)15-9-7-16(8-9)10-4-5-14-11(6-10)17(19)20/h4-6,9H,7-8H2,1-3H3,(H,15,18). The second kappa shape index (κ2) is 5.55. The van der Waals surface area contributed by atoms with E-state index in [1.54, 1.807) is 26.8 Å². The lowest BCUT2D eigenvalue weighted by atomic mass is 10.1. The second-order valence-electron chi connectivity index (χ2n) is 5.88. The summed E-state index contributed by atoms with van der Waals surface area (Å²) in [6, 6.07) is 3.10. The van der Waals surface area contributed by atoms with Gasteiger partial charge in [-0.05, 0) is 30.7 Å². The van der Waals surface area contributed by atoms with Crippen molar-refractivity contribution in [2.24, 2.45) is 0 Å². The molecule has 1 N–H and O–H groups in total. The number of nitro groups is 1. The van der Waals surface area contributed by atoms with E-state index >= 15 is 0 Å². The highest BCUT2D eigenvalue weighted by molar-refractivity contribution is 5.69. The third-order valence-electron chi connectivity index (χ3n) is 2.88. The van der Waals surface area contributed by atoms with Gasteiger partial charge in [-0.25, -0.2) is 4.79 Å². The molecule has 1 aliphatic heterocycles. The minimum absolute atomic E-state index is 0.0212. The van der Waals surface area contributed by atoms with Crippen molar-refractivity contribution in [3.63, 3.8) is 0 Å². The van der Waals surface area contributed by atoms with Crippen LogP contribution in [-0.4, -0.2) is 40.7 Å². The molecule has 8 nitrogen and oxygen atoms in total. The van der Waals surface area contributed by atoms with Gasteiger partial charge >= 0.3 is 11.9 Å². The maximum atomic E-state index is 11.6. The number of ether oxygens (including phenoxy) is 1. The molecule has 0 unspecified atom stereocenters. The van der Waals surface area contributed by atoms with E-state index in [0.717, 1.165) is 5.69 Å². The third-order valence-corrected chi connectivity index (χ3v) is 2.88. The predicted octanol–water partition coefficient (Wildman–Crippen LogP) is 1.70. The second-order valence-corrected chi connectivity index (χ2v) is 5.88.